The van der Waals surface area contributed by atoms with Crippen LogP contribution in [0.25, 0.3) is 0 Å². The van der Waals surface area contributed by atoms with Crippen LogP contribution < -0.4 is 5.32 Å². The molecule has 0 spiro atoms. The summed E-state index contributed by atoms with van der Waals surface area (Å²) in [5.74, 6) is 0.0830. The number of halogens is 2. The van der Waals surface area contributed by atoms with E-state index in [0.29, 0.717) is 28.2 Å². The van der Waals surface area contributed by atoms with Crippen LogP contribution in [0.15, 0.2) is 18.2 Å². The maximum absolute atomic E-state index is 12.2. The first-order valence-electron chi connectivity index (χ1n) is 6.47. The Morgan fingerprint density at radius 2 is 2.00 bits per heavy atom. The average molecular weight is 301 g/mol. The molecular formula is C14H18Cl2N2O. The zero-order chi connectivity index (χ0) is 13.8. The molecule has 104 valence electrons. The van der Waals surface area contributed by atoms with Crippen molar-refractivity contribution in [2.45, 2.75) is 18.9 Å². The highest BCUT2D eigenvalue weighted by atomic mass is 35.5. The van der Waals surface area contributed by atoms with Crippen LogP contribution >= 0.6 is 23.2 Å². The highest BCUT2D eigenvalue weighted by molar-refractivity contribution is 6.42. The Bertz CT molecular complexity index is 459. The summed E-state index contributed by atoms with van der Waals surface area (Å²) in [5, 5.41) is 4.23. The van der Waals surface area contributed by atoms with Crippen molar-refractivity contribution in [2.24, 2.45) is 0 Å². The lowest BCUT2D eigenvalue weighted by Gasteiger charge is -2.31. The molecular weight excluding hydrogens is 283 g/mol. The third kappa shape index (κ3) is 3.93. The fraction of sp³-hybridized carbons (Fsp3) is 0.500. The van der Waals surface area contributed by atoms with E-state index in [0.717, 1.165) is 25.9 Å². The summed E-state index contributed by atoms with van der Waals surface area (Å²) in [5.41, 5.74) is 0.621. The second-order valence-electron chi connectivity index (χ2n) is 4.95. The minimum Gasteiger partial charge on any atom is -0.317 e. The van der Waals surface area contributed by atoms with Crippen molar-refractivity contribution in [1.29, 1.82) is 0 Å². The number of hydrogen-bond donors (Lipinski definition) is 1. The number of hydrogen-bond acceptors (Lipinski definition) is 3. The molecule has 0 unspecified atom stereocenters. The molecule has 1 aliphatic heterocycles. The van der Waals surface area contributed by atoms with Gasteiger partial charge in [0, 0.05) is 11.6 Å². The number of rotatable bonds is 4. The second-order valence-corrected chi connectivity index (χ2v) is 5.76. The number of nitrogens with zero attached hydrogens (tertiary/aromatic N) is 1. The molecule has 1 N–H and O–H groups in total. The van der Waals surface area contributed by atoms with Gasteiger partial charge in [-0.25, -0.2) is 0 Å². The number of ketones is 1. The van der Waals surface area contributed by atoms with Crippen LogP contribution in [0.1, 0.15) is 23.2 Å². The topological polar surface area (TPSA) is 32.3 Å². The van der Waals surface area contributed by atoms with Crippen molar-refractivity contribution in [2.75, 3.05) is 26.7 Å². The summed E-state index contributed by atoms with van der Waals surface area (Å²) in [6, 6.07) is 5.52. The first-order valence-corrected chi connectivity index (χ1v) is 7.22. The maximum Gasteiger partial charge on any atom is 0.176 e. The number of benzene rings is 1. The number of nitrogens with one attached hydrogen (secondary N) is 1. The van der Waals surface area contributed by atoms with Gasteiger partial charge in [0.15, 0.2) is 5.78 Å². The minimum atomic E-state index is 0.0830. The Hall–Kier alpha value is -0.610. The van der Waals surface area contributed by atoms with Gasteiger partial charge in [-0.05, 0) is 51.2 Å². The Balaban J connectivity index is 1.97. The van der Waals surface area contributed by atoms with Gasteiger partial charge in [0.1, 0.15) is 0 Å². The van der Waals surface area contributed by atoms with Crippen molar-refractivity contribution >= 4 is 29.0 Å². The van der Waals surface area contributed by atoms with Gasteiger partial charge >= 0.3 is 0 Å². The van der Waals surface area contributed by atoms with Gasteiger partial charge in [0.2, 0.25) is 0 Å². The highest BCUT2D eigenvalue weighted by Crippen LogP contribution is 2.23. The van der Waals surface area contributed by atoms with E-state index in [2.05, 4.69) is 10.2 Å². The molecule has 0 atom stereocenters. The predicted octanol–water partition coefficient (Wildman–Crippen LogP) is 2.86. The van der Waals surface area contributed by atoms with E-state index in [1.54, 1.807) is 18.2 Å². The molecule has 19 heavy (non-hydrogen) atoms. The van der Waals surface area contributed by atoms with E-state index < -0.39 is 0 Å². The molecule has 0 amide bonds. The molecule has 1 fully saturated rings. The van der Waals surface area contributed by atoms with Crippen LogP contribution in [0.4, 0.5) is 0 Å². The molecule has 3 nitrogen and oxygen atoms in total. The summed E-state index contributed by atoms with van der Waals surface area (Å²) < 4.78 is 0. The van der Waals surface area contributed by atoms with Crippen molar-refractivity contribution in [3.8, 4) is 0 Å². The van der Waals surface area contributed by atoms with Gasteiger partial charge in [-0.2, -0.15) is 0 Å². The number of carbonyl (C=O) groups excluding carboxylic acids is 1. The van der Waals surface area contributed by atoms with Gasteiger partial charge in [0.05, 0.1) is 16.6 Å². The van der Waals surface area contributed by atoms with Crippen molar-refractivity contribution in [1.82, 2.24) is 10.2 Å². The van der Waals surface area contributed by atoms with Crippen LogP contribution in [0.3, 0.4) is 0 Å². The van der Waals surface area contributed by atoms with E-state index in [4.69, 9.17) is 23.2 Å². The van der Waals surface area contributed by atoms with E-state index in [9.17, 15) is 4.79 Å². The van der Waals surface area contributed by atoms with Crippen LogP contribution in [0.2, 0.25) is 10.0 Å². The summed E-state index contributed by atoms with van der Waals surface area (Å²) in [6.07, 6.45) is 2.18. The Labute approximate surface area is 123 Å². The predicted molar refractivity (Wildman–Crippen MR) is 79.3 cm³/mol. The van der Waals surface area contributed by atoms with E-state index in [1.807, 2.05) is 7.05 Å². The van der Waals surface area contributed by atoms with E-state index in [-0.39, 0.29) is 5.78 Å². The smallest absolute Gasteiger partial charge is 0.176 e. The summed E-state index contributed by atoms with van der Waals surface area (Å²) in [7, 11) is 2.01. The Kier molecular flexibility index (Phi) is 5.22. The van der Waals surface area contributed by atoms with Gasteiger partial charge in [-0.1, -0.05) is 23.2 Å². The molecule has 1 aromatic carbocycles. The molecule has 1 heterocycles. The summed E-state index contributed by atoms with van der Waals surface area (Å²) >= 11 is 11.8. The fourth-order valence-electron chi connectivity index (χ4n) is 2.36. The number of likely N-dealkylation sites (N-methyl/N-ethyl adjacent to an activating group) is 1. The van der Waals surface area contributed by atoms with Gasteiger partial charge in [-0.3, -0.25) is 9.69 Å². The third-order valence-electron chi connectivity index (χ3n) is 3.57. The molecule has 1 saturated heterocycles. The number of carbonyl (C=O) groups is 1. The number of piperidine rings is 1. The highest BCUT2D eigenvalue weighted by Gasteiger charge is 2.20. The zero-order valence-electron chi connectivity index (χ0n) is 11.0. The largest absolute Gasteiger partial charge is 0.317 e. The Morgan fingerprint density at radius 1 is 1.32 bits per heavy atom. The fourth-order valence-corrected chi connectivity index (χ4v) is 2.66. The van der Waals surface area contributed by atoms with Crippen molar-refractivity contribution < 1.29 is 4.79 Å². The monoisotopic (exact) mass is 300 g/mol. The second kappa shape index (κ2) is 6.71. The number of Topliss-reactive ketones (excluding diaryl/α,β-unsaturated/α-hetero) is 1. The van der Waals surface area contributed by atoms with Crippen LogP contribution in [0.5, 0.6) is 0 Å². The van der Waals surface area contributed by atoms with Gasteiger partial charge in [-0.15, -0.1) is 0 Å². The van der Waals surface area contributed by atoms with Gasteiger partial charge in [0.25, 0.3) is 0 Å². The van der Waals surface area contributed by atoms with Crippen LogP contribution in [-0.4, -0.2) is 43.4 Å². The molecule has 0 saturated carbocycles. The van der Waals surface area contributed by atoms with Gasteiger partial charge < -0.3 is 5.32 Å². The Morgan fingerprint density at radius 3 is 2.63 bits per heavy atom. The van der Waals surface area contributed by atoms with Crippen molar-refractivity contribution in [3.05, 3.63) is 33.8 Å². The molecule has 0 aromatic heterocycles. The molecule has 5 heteroatoms. The molecule has 0 radical (unpaired) electrons. The third-order valence-corrected chi connectivity index (χ3v) is 4.31. The summed E-state index contributed by atoms with van der Waals surface area (Å²) in [6.45, 7) is 2.47. The molecule has 0 aliphatic carbocycles. The maximum atomic E-state index is 12.2. The molecule has 1 aliphatic rings. The lowest BCUT2D eigenvalue weighted by molar-refractivity contribution is 0.0903. The summed E-state index contributed by atoms with van der Waals surface area (Å²) in [4.78, 5) is 14.3. The zero-order valence-corrected chi connectivity index (χ0v) is 12.5. The molecule has 1 aromatic rings. The first-order chi connectivity index (χ1) is 9.08. The van der Waals surface area contributed by atoms with E-state index >= 15 is 0 Å². The first kappa shape index (κ1) is 14.8. The standard InChI is InChI=1S/C14H18Cl2N2O/c1-18(11-4-6-17-7-5-11)9-14(19)10-2-3-12(15)13(16)8-10/h2-3,8,11,17H,4-7,9H2,1H3. The normalized spacial score (nSPS) is 16.8. The molecule has 2 rings (SSSR count). The lowest BCUT2D eigenvalue weighted by Crippen LogP contribution is -2.43. The quantitative estimate of drug-likeness (QED) is 0.868. The minimum absolute atomic E-state index is 0.0830. The average Bonchev–Trinajstić information content (AvgIpc) is 2.42. The molecule has 0 bridgehead atoms. The lowest BCUT2D eigenvalue weighted by atomic mass is 10.0. The van der Waals surface area contributed by atoms with E-state index in [1.165, 1.54) is 0 Å². The SMILES string of the molecule is CN(CC(=O)c1ccc(Cl)c(Cl)c1)C1CCNCC1. The van der Waals surface area contributed by atoms with Crippen LogP contribution in [-0.2, 0) is 0 Å². The van der Waals surface area contributed by atoms with Crippen molar-refractivity contribution in [3.63, 3.8) is 0 Å². The van der Waals surface area contributed by atoms with Crippen LogP contribution in [0, 0.1) is 0 Å².